The normalized spacial score (nSPS) is 47.8. The minimum absolute atomic E-state index is 0.114. The molecule has 0 radical (unpaired) electrons. The lowest BCUT2D eigenvalue weighted by Crippen LogP contribution is -2.53. The minimum atomic E-state index is -0.114. The molecule has 0 aromatic carbocycles. The fraction of sp³-hybridized carbons (Fsp3) is 1.00. The van der Waals surface area contributed by atoms with E-state index in [1.165, 1.54) is 64.2 Å². The molecule has 29 heavy (non-hydrogen) atoms. The van der Waals surface area contributed by atoms with Crippen molar-refractivity contribution in [1.29, 1.82) is 0 Å². The number of hydrogen-bond acceptors (Lipinski definition) is 1. The summed E-state index contributed by atoms with van der Waals surface area (Å²) in [5.41, 5.74) is 1.14. The van der Waals surface area contributed by atoms with Crippen molar-refractivity contribution in [3.63, 3.8) is 0 Å². The first-order chi connectivity index (χ1) is 13.7. The Morgan fingerprint density at radius 3 is 2.24 bits per heavy atom. The lowest BCUT2D eigenvalue weighted by atomic mass is 9.44. The SMILES string of the molecule is CC(C)C(C)C[C@H](O)C(C)C1CCC2C3CCC4CCCCC4(C)C3CCC21C. The van der Waals surface area contributed by atoms with Gasteiger partial charge in [0.25, 0.3) is 0 Å². The van der Waals surface area contributed by atoms with E-state index in [1.807, 2.05) is 0 Å². The van der Waals surface area contributed by atoms with Crippen LogP contribution in [0.25, 0.3) is 0 Å². The second-order valence-corrected chi connectivity index (χ2v) is 13.0. The van der Waals surface area contributed by atoms with Crippen LogP contribution in [-0.4, -0.2) is 11.2 Å². The molecule has 0 saturated heterocycles. The zero-order chi connectivity index (χ0) is 21.0. The number of aliphatic hydroxyl groups excluding tert-OH is 1. The van der Waals surface area contributed by atoms with Crippen molar-refractivity contribution in [2.45, 2.75) is 118 Å². The van der Waals surface area contributed by atoms with E-state index in [-0.39, 0.29) is 6.10 Å². The molecular weight excluding hydrogens is 352 g/mol. The third-order valence-corrected chi connectivity index (χ3v) is 11.6. The molecule has 0 aliphatic heterocycles. The fourth-order valence-corrected chi connectivity index (χ4v) is 9.34. The summed E-state index contributed by atoms with van der Waals surface area (Å²) >= 11 is 0. The van der Waals surface area contributed by atoms with Gasteiger partial charge in [-0.15, -0.1) is 0 Å². The van der Waals surface area contributed by atoms with E-state index in [1.54, 1.807) is 0 Å². The highest BCUT2D eigenvalue weighted by Gasteiger charge is 2.60. The van der Waals surface area contributed by atoms with Crippen LogP contribution in [0.1, 0.15) is 112 Å². The Hall–Kier alpha value is -0.0400. The van der Waals surface area contributed by atoms with Gasteiger partial charge in [0, 0.05) is 0 Å². The summed E-state index contributed by atoms with van der Waals surface area (Å²) in [5.74, 6) is 6.43. The number of fused-ring (bicyclic) bond motifs is 5. The molecule has 4 fully saturated rings. The lowest BCUT2D eigenvalue weighted by Gasteiger charge is -2.61. The van der Waals surface area contributed by atoms with E-state index >= 15 is 0 Å². The third-order valence-electron chi connectivity index (χ3n) is 11.6. The molecule has 1 nitrogen and oxygen atoms in total. The van der Waals surface area contributed by atoms with E-state index in [4.69, 9.17) is 0 Å². The highest BCUT2D eigenvalue weighted by molar-refractivity contribution is 5.09. The molecular formula is C28H50O. The number of rotatable bonds is 5. The van der Waals surface area contributed by atoms with E-state index in [0.29, 0.717) is 28.6 Å². The topological polar surface area (TPSA) is 20.2 Å². The summed E-state index contributed by atoms with van der Waals surface area (Å²) in [6.45, 7) is 14.7. The maximum absolute atomic E-state index is 11.1. The highest BCUT2D eigenvalue weighted by atomic mass is 16.3. The average Bonchev–Trinajstić information content (AvgIpc) is 3.03. The first kappa shape index (κ1) is 22.2. The highest BCUT2D eigenvalue weighted by Crippen LogP contribution is 2.68. The van der Waals surface area contributed by atoms with E-state index in [0.717, 1.165) is 36.0 Å². The van der Waals surface area contributed by atoms with Crippen LogP contribution in [0.15, 0.2) is 0 Å². The first-order valence-electron chi connectivity index (χ1n) is 13.4. The van der Waals surface area contributed by atoms with Gasteiger partial charge in [0.2, 0.25) is 0 Å². The molecule has 4 aliphatic rings. The van der Waals surface area contributed by atoms with Crippen molar-refractivity contribution in [2.75, 3.05) is 0 Å². The van der Waals surface area contributed by atoms with Gasteiger partial charge in [-0.05, 0) is 116 Å². The first-order valence-corrected chi connectivity index (χ1v) is 13.4. The molecule has 1 heteroatoms. The monoisotopic (exact) mass is 402 g/mol. The standard InChI is InChI=1S/C28H50O/c1-18(2)19(3)17-26(29)20(4)23-12-13-24-22-11-10-21-9-7-8-15-27(21,5)25(22)14-16-28(23,24)6/h18-26,29H,7-17H2,1-6H3/t19?,20?,21?,22?,23?,24?,25?,26-,27?,28?/m0/s1. The van der Waals surface area contributed by atoms with E-state index in [9.17, 15) is 5.11 Å². The van der Waals surface area contributed by atoms with Crippen molar-refractivity contribution >= 4 is 0 Å². The van der Waals surface area contributed by atoms with Gasteiger partial charge in [-0.1, -0.05) is 54.4 Å². The predicted octanol–water partition coefficient (Wildman–Crippen LogP) is 7.71. The Bertz CT molecular complexity index is 569. The Morgan fingerprint density at radius 2 is 1.52 bits per heavy atom. The van der Waals surface area contributed by atoms with Gasteiger partial charge >= 0.3 is 0 Å². The van der Waals surface area contributed by atoms with Crippen molar-refractivity contribution in [2.24, 2.45) is 58.2 Å². The summed E-state index contributed by atoms with van der Waals surface area (Å²) in [4.78, 5) is 0. The molecule has 4 aliphatic carbocycles. The Kier molecular flexibility index (Phi) is 6.22. The van der Waals surface area contributed by atoms with Crippen LogP contribution in [-0.2, 0) is 0 Å². The van der Waals surface area contributed by atoms with Crippen molar-refractivity contribution in [3.05, 3.63) is 0 Å². The number of hydrogen-bond donors (Lipinski definition) is 1. The molecule has 10 atom stereocenters. The molecule has 0 aromatic heterocycles. The molecule has 0 spiro atoms. The molecule has 0 amide bonds. The van der Waals surface area contributed by atoms with Crippen molar-refractivity contribution < 1.29 is 5.11 Å². The molecule has 4 saturated carbocycles. The second kappa shape index (κ2) is 8.14. The lowest BCUT2D eigenvalue weighted by molar-refractivity contribution is -0.118. The molecule has 4 rings (SSSR count). The van der Waals surface area contributed by atoms with Gasteiger partial charge in [0.15, 0.2) is 0 Å². The van der Waals surface area contributed by atoms with E-state index in [2.05, 4.69) is 41.5 Å². The maximum Gasteiger partial charge on any atom is 0.0571 e. The second-order valence-electron chi connectivity index (χ2n) is 13.0. The predicted molar refractivity (Wildman–Crippen MR) is 124 cm³/mol. The van der Waals surface area contributed by atoms with Crippen LogP contribution in [0, 0.1) is 58.2 Å². The Morgan fingerprint density at radius 1 is 0.793 bits per heavy atom. The van der Waals surface area contributed by atoms with E-state index < -0.39 is 0 Å². The largest absolute Gasteiger partial charge is 0.393 e. The van der Waals surface area contributed by atoms with Gasteiger partial charge in [-0.3, -0.25) is 0 Å². The Labute approximate surface area is 181 Å². The van der Waals surface area contributed by atoms with Gasteiger partial charge in [0.1, 0.15) is 0 Å². The molecule has 9 unspecified atom stereocenters. The minimum Gasteiger partial charge on any atom is -0.393 e. The van der Waals surface area contributed by atoms with Crippen LogP contribution >= 0.6 is 0 Å². The smallest absolute Gasteiger partial charge is 0.0571 e. The summed E-state index contributed by atoms with van der Waals surface area (Å²) in [6, 6.07) is 0. The summed E-state index contributed by atoms with van der Waals surface area (Å²) < 4.78 is 0. The number of aliphatic hydroxyl groups is 1. The summed E-state index contributed by atoms with van der Waals surface area (Å²) in [6.07, 6.45) is 15.6. The fourth-order valence-electron chi connectivity index (χ4n) is 9.34. The molecule has 1 N–H and O–H groups in total. The molecule has 0 aromatic rings. The molecule has 0 heterocycles. The van der Waals surface area contributed by atoms with Crippen molar-refractivity contribution in [1.82, 2.24) is 0 Å². The van der Waals surface area contributed by atoms with Crippen LogP contribution in [0.4, 0.5) is 0 Å². The molecule has 168 valence electrons. The zero-order valence-corrected chi connectivity index (χ0v) is 20.4. The Balaban J connectivity index is 1.49. The molecule has 0 bridgehead atoms. The average molecular weight is 403 g/mol. The summed E-state index contributed by atoms with van der Waals surface area (Å²) in [7, 11) is 0. The van der Waals surface area contributed by atoms with Gasteiger partial charge in [0.05, 0.1) is 6.10 Å². The quantitative estimate of drug-likeness (QED) is 0.499. The van der Waals surface area contributed by atoms with Crippen LogP contribution < -0.4 is 0 Å². The van der Waals surface area contributed by atoms with Crippen LogP contribution in [0.3, 0.4) is 0 Å². The van der Waals surface area contributed by atoms with Crippen LogP contribution in [0.2, 0.25) is 0 Å². The van der Waals surface area contributed by atoms with Gasteiger partial charge < -0.3 is 5.11 Å². The van der Waals surface area contributed by atoms with Crippen molar-refractivity contribution in [3.8, 4) is 0 Å². The summed E-state index contributed by atoms with van der Waals surface area (Å²) in [5, 5.41) is 11.1. The van der Waals surface area contributed by atoms with Gasteiger partial charge in [-0.25, -0.2) is 0 Å². The maximum atomic E-state index is 11.1. The van der Waals surface area contributed by atoms with Crippen LogP contribution in [0.5, 0.6) is 0 Å². The zero-order valence-electron chi connectivity index (χ0n) is 20.4. The van der Waals surface area contributed by atoms with Gasteiger partial charge in [-0.2, -0.15) is 0 Å². The third kappa shape index (κ3) is 3.64.